The molecule has 218 valence electrons. The summed E-state index contributed by atoms with van der Waals surface area (Å²) in [4.78, 5) is 50.7. The van der Waals surface area contributed by atoms with E-state index in [1.807, 2.05) is 61.5 Å². The van der Waals surface area contributed by atoms with Crippen LogP contribution in [0.3, 0.4) is 0 Å². The lowest BCUT2D eigenvalue weighted by Crippen LogP contribution is -2.45. The molecular formula is C29H31F3N4O5. The zero-order chi connectivity index (χ0) is 30.2. The van der Waals surface area contributed by atoms with Crippen molar-refractivity contribution in [1.29, 1.82) is 0 Å². The Labute approximate surface area is 234 Å². The molecule has 1 aliphatic rings. The van der Waals surface area contributed by atoms with Gasteiger partial charge < -0.3 is 20.7 Å². The number of carboxylic acid groups (broad SMARTS) is 1. The molecule has 2 heterocycles. The van der Waals surface area contributed by atoms with Gasteiger partial charge in [0.2, 0.25) is 5.91 Å². The van der Waals surface area contributed by atoms with Crippen molar-refractivity contribution in [2.24, 2.45) is 0 Å². The number of aliphatic carboxylic acids is 1. The van der Waals surface area contributed by atoms with E-state index in [1.165, 1.54) is 12.5 Å². The third kappa shape index (κ3) is 9.31. The third-order valence-corrected chi connectivity index (χ3v) is 6.41. The summed E-state index contributed by atoms with van der Waals surface area (Å²) in [5, 5.41) is 13.0. The number of rotatable bonds is 6. The number of H-pyrrole nitrogens is 1. The molecular weight excluding hydrogens is 541 g/mol. The van der Waals surface area contributed by atoms with Gasteiger partial charge in [-0.25, -0.2) is 4.79 Å². The average Bonchev–Trinajstić information content (AvgIpc) is 2.91. The van der Waals surface area contributed by atoms with Crippen molar-refractivity contribution in [3.8, 4) is 11.1 Å². The van der Waals surface area contributed by atoms with Gasteiger partial charge in [0.05, 0.1) is 0 Å². The Balaban J connectivity index is 0.000000587. The van der Waals surface area contributed by atoms with Gasteiger partial charge in [-0.1, -0.05) is 42.5 Å². The highest BCUT2D eigenvalue weighted by atomic mass is 19.4. The quantitative estimate of drug-likeness (QED) is 0.348. The standard InChI is InChI=1S/C27H30N4O3.C2HF3O2/c1-18-24(21-6-4-3-5-7-21)16-25(26(33)28-18)27(34)30-23-12-14-31(15-13-23)17-20-8-10-22(11-9-20)29-19(2)32;3-2(4,5)1(6)7/h3-11,16,23H,12-15,17H2,1-2H3,(H,28,33)(H,29,32)(H,30,34);(H,6,7). The summed E-state index contributed by atoms with van der Waals surface area (Å²) in [6.07, 6.45) is -3.43. The molecule has 1 fully saturated rings. The summed E-state index contributed by atoms with van der Waals surface area (Å²) < 4.78 is 31.7. The normalized spacial score (nSPS) is 14.0. The van der Waals surface area contributed by atoms with Crippen LogP contribution in [0.4, 0.5) is 18.9 Å². The number of halogens is 3. The van der Waals surface area contributed by atoms with E-state index < -0.39 is 12.1 Å². The molecule has 2 aromatic carbocycles. The largest absolute Gasteiger partial charge is 0.490 e. The molecule has 1 aromatic heterocycles. The minimum absolute atomic E-state index is 0.0340. The minimum Gasteiger partial charge on any atom is -0.475 e. The summed E-state index contributed by atoms with van der Waals surface area (Å²) in [6, 6.07) is 19.3. The first kappa shape index (κ1) is 31.1. The van der Waals surface area contributed by atoms with Crippen LogP contribution in [0.1, 0.15) is 41.4 Å². The number of piperidine rings is 1. The number of nitrogens with one attached hydrogen (secondary N) is 3. The molecule has 41 heavy (non-hydrogen) atoms. The first-order valence-corrected chi connectivity index (χ1v) is 12.8. The number of nitrogens with zero attached hydrogens (tertiary/aromatic N) is 1. The molecule has 0 radical (unpaired) electrons. The number of aromatic nitrogens is 1. The van der Waals surface area contributed by atoms with Crippen molar-refractivity contribution >= 4 is 23.5 Å². The van der Waals surface area contributed by atoms with E-state index >= 15 is 0 Å². The number of aromatic amines is 1. The van der Waals surface area contributed by atoms with Crippen LogP contribution in [0, 0.1) is 6.92 Å². The highest BCUT2D eigenvalue weighted by molar-refractivity contribution is 5.95. The van der Waals surface area contributed by atoms with Crippen molar-refractivity contribution in [2.75, 3.05) is 18.4 Å². The van der Waals surface area contributed by atoms with Crippen molar-refractivity contribution in [3.05, 3.63) is 87.8 Å². The van der Waals surface area contributed by atoms with Crippen LogP contribution in [0.15, 0.2) is 65.5 Å². The third-order valence-electron chi connectivity index (χ3n) is 6.41. The van der Waals surface area contributed by atoms with Gasteiger partial charge in [-0.2, -0.15) is 13.2 Å². The lowest BCUT2D eigenvalue weighted by molar-refractivity contribution is -0.192. The number of aryl methyl sites for hydroxylation is 1. The van der Waals surface area contributed by atoms with Gasteiger partial charge in [0.25, 0.3) is 11.5 Å². The van der Waals surface area contributed by atoms with Gasteiger partial charge in [-0.15, -0.1) is 0 Å². The van der Waals surface area contributed by atoms with Crippen molar-refractivity contribution in [3.63, 3.8) is 0 Å². The van der Waals surface area contributed by atoms with Crippen LogP contribution in [0.2, 0.25) is 0 Å². The smallest absolute Gasteiger partial charge is 0.475 e. The number of benzene rings is 2. The molecule has 0 saturated carbocycles. The molecule has 0 spiro atoms. The van der Waals surface area contributed by atoms with Gasteiger partial charge in [0.15, 0.2) is 0 Å². The fourth-order valence-electron chi connectivity index (χ4n) is 4.36. The van der Waals surface area contributed by atoms with Crippen molar-refractivity contribution < 1.29 is 32.7 Å². The van der Waals surface area contributed by atoms with Crippen LogP contribution >= 0.6 is 0 Å². The van der Waals surface area contributed by atoms with E-state index in [1.54, 1.807) is 6.07 Å². The van der Waals surface area contributed by atoms with Crippen molar-refractivity contribution in [1.82, 2.24) is 15.2 Å². The number of carbonyl (C=O) groups is 3. The minimum atomic E-state index is -5.08. The lowest BCUT2D eigenvalue weighted by Gasteiger charge is -2.32. The maximum atomic E-state index is 12.9. The summed E-state index contributed by atoms with van der Waals surface area (Å²) in [7, 11) is 0. The van der Waals surface area contributed by atoms with Crippen LogP contribution < -0.4 is 16.2 Å². The molecule has 0 unspecified atom stereocenters. The fourth-order valence-corrected chi connectivity index (χ4v) is 4.36. The average molecular weight is 573 g/mol. The monoisotopic (exact) mass is 572 g/mol. The molecule has 12 heteroatoms. The zero-order valence-corrected chi connectivity index (χ0v) is 22.5. The van der Waals surface area contributed by atoms with Crippen LogP contribution in [0.25, 0.3) is 11.1 Å². The van der Waals surface area contributed by atoms with Crippen LogP contribution in [-0.4, -0.2) is 58.1 Å². The first-order valence-electron chi connectivity index (χ1n) is 12.8. The predicted molar refractivity (Wildman–Crippen MR) is 147 cm³/mol. The lowest BCUT2D eigenvalue weighted by atomic mass is 10.0. The van der Waals surface area contributed by atoms with E-state index in [9.17, 15) is 27.6 Å². The molecule has 4 N–H and O–H groups in total. The van der Waals surface area contributed by atoms with E-state index in [0.29, 0.717) is 0 Å². The van der Waals surface area contributed by atoms with Crippen LogP contribution in [-0.2, 0) is 16.1 Å². The van der Waals surface area contributed by atoms with Gasteiger partial charge in [0.1, 0.15) is 5.56 Å². The summed E-state index contributed by atoms with van der Waals surface area (Å²) in [6.45, 7) is 5.87. The number of pyridine rings is 1. The number of alkyl halides is 3. The summed E-state index contributed by atoms with van der Waals surface area (Å²) in [5.41, 5.74) is 4.30. The Morgan fingerprint density at radius 3 is 2.15 bits per heavy atom. The predicted octanol–water partition coefficient (Wildman–Crippen LogP) is 4.34. The maximum Gasteiger partial charge on any atom is 0.490 e. The Bertz CT molecular complexity index is 1420. The molecule has 2 amide bonds. The fraction of sp³-hybridized carbons (Fsp3) is 0.310. The molecule has 3 aromatic rings. The Hall–Kier alpha value is -4.45. The molecule has 0 aliphatic carbocycles. The Morgan fingerprint density at radius 1 is 1.02 bits per heavy atom. The molecule has 0 atom stereocenters. The van der Waals surface area contributed by atoms with Gasteiger partial charge in [0, 0.05) is 49.5 Å². The highest BCUT2D eigenvalue weighted by Gasteiger charge is 2.38. The van der Waals surface area contributed by atoms with E-state index in [2.05, 4.69) is 20.5 Å². The summed E-state index contributed by atoms with van der Waals surface area (Å²) >= 11 is 0. The first-order chi connectivity index (χ1) is 19.3. The highest BCUT2D eigenvalue weighted by Crippen LogP contribution is 2.22. The Kier molecular flexibility index (Phi) is 10.4. The molecule has 1 saturated heterocycles. The molecule has 0 bridgehead atoms. The number of carboxylic acids is 1. The second-order valence-electron chi connectivity index (χ2n) is 9.62. The number of carbonyl (C=O) groups excluding carboxylic acids is 2. The van der Waals surface area contributed by atoms with Gasteiger partial charge >= 0.3 is 12.1 Å². The summed E-state index contributed by atoms with van der Waals surface area (Å²) in [5.74, 6) is -3.17. The zero-order valence-electron chi connectivity index (χ0n) is 22.5. The second-order valence-corrected chi connectivity index (χ2v) is 9.62. The maximum absolute atomic E-state index is 12.9. The van der Waals surface area contributed by atoms with E-state index in [4.69, 9.17) is 9.90 Å². The molecule has 1 aliphatic heterocycles. The number of hydrogen-bond acceptors (Lipinski definition) is 5. The molecule has 9 nitrogen and oxygen atoms in total. The molecule has 4 rings (SSSR count). The second kappa shape index (κ2) is 13.8. The van der Waals surface area contributed by atoms with Crippen molar-refractivity contribution in [2.45, 2.75) is 45.5 Å². The van der Waals surface area contributed by atoms with E-state index in [0.717, 1.165) is 55.0 Å². The van der Waals surface area contributed by atoms with Gasteiger partial charge in [-0.3, -0.25) is 19.3 Å². The number of hydrogen-bond donors (Lipinski definition) is 4. The SMILES string of the molecule is CC(=O)Nc1ccc(CN2CCC(NC(=O)c3cc(-c4ccccc4)c(C)[nH]c3=O)CC2)cc1.O=C(O)C(F)(F)F. The number of amides is 2. The van der Waals surface area contributed by atoms with E-state index in [-0.39, 0.29) is 29.0 Å². The Morgan fingerprint density at radius 2 is 1.61 bits per heavy atom. The van der Waals surface area contributed by atoms with Crippen LogP contribution in [0.5, 0.6) is 0 Å². The number of likely N-dealkylation sites (tertiary alicyclic amines) is 1. The number of anilines is 1. The van der Waals surface area contributed by atoms with Gasteiger partial charge in [-0.05, 0) is 49.1 Å². The topological polar surface area (TPSA) is 132 Å².